The third kappa shape index (κ3) is 2.71. The average molecular weight is 487 g/mol. The number of ketones is 1. The minimum Gasteiger partial charge on any atom is -0.458 e. The molecular weight excluding hydrogens is 448 g/mol. The quantitative estimate of drug-likeness (QED) is 0.312. The highest BCUT2D eigenvalue weighted by Crippen LogP contribution is 2.71. The lowest BCUT2D eigenvalue weighted by atomic mass is 9.47. The molecule has 6 rings (SSSR count). The Balaban J connectivity index is 1.36. The highest BCUT2D eigenvalue weighted by molar-refractivity contribution is 5.90. The van der Waals surface area contributed by atoms with Crippen LogP contribution in [0.5, 0.6) is 0 Å². The predicted molar refractivity (Wildman–Crippen MR) is 126 cm³/mol. The van der Waals surface area contributed by atoms with Crippen molar-refractivity contribution in [2.45, 2.75) is 109 Å². The molecule has 1 spiro atoms. The van der Waals surface area contributed by atoms with Crippen molar-refractivity contribution in [1.82, 2.24) is 0 Å². The van der Waals surface area contributed by atoms with Gasteiger partial charge in [-0.1, -0.05) is 30.6 Å². The van der Waals surface area contributed by atoms with Crippen LogP contribution in [0.15, 0.2) is 22.3 Å². The molecule has 0 aromatic rings. The van der Waals surface area contributed by atoms with E-state index >= 15 is 0 Å². The number of hydrogen-bond acceptors (Lipinski definition) is 7. The molecule has 35 heavy (non-hydrogen) atoms. The largest absolute Gasteiger partial charge is 0.458 e. The fraction of sp³-hybridized carbons (Fsp3) is 0.786. The van der Waals surface area contributed by atoms with Crippen molar-refractivity contribution in [2.75, 3.05) is 0 Å². The zero-order valence-corrected chi connectivity index (χ0v) is 21.3. The molecule has 3 fully saturated rings. The van der Waals surface area contributed by atoms with E-state index in [1.54, 1.807) is 6.92 Å². The van der Waals surface area contributed by atoms with Crippen LogP contribution < -0.4 is 0 Å². The summed E-state index contributed by atoms with van der Waals surface area (Å²) in [4.78, 5) is 25.9. The van der Waals surface area contributed by atoms with Crippen LogP contribution in [-0.4, -0.2) is 63.2 Å². The Labute approximate surface area is 206 Å². The van der Waals surface area contributed by atoms with Gasteiger partial charge in [0.25, 0.3) is 0 Å². The number of rotatable bonds is 2. The Bertz CT molecular complexity index is 1080. The summed E-state index contributed by atoms with van der Waals surface area (Å²) < 4.78 is 12.0. The number of carbonyl (C=O) groups is 2. The highest BCUT2D eigenvalue weighted by atomic mass is 16.6. The first kappa shape index (κ1) is 23.8. The first-order valence-electron chi connectivity index (χ1n) is 13.2. The van der Waals surface area contributed by atoms with Crippen LogP contribution in [-0.2, 0) is 19.1 Å². The van der Waals surface area contributed by atoms with E-state index in [2.05, 4.69) is 13.8 Å². The molecule has 192 valence electrons. The van der Waals surface area contributed by atoms with Gasteiger partial charge in [0.1, 0.15) is 23.6 Å². The molecule has 0 radical (unpaired) electrons. The number of Topliss-reactive ketones (excluding diaryl/α,β-unsaturated/α-hetero) is 1. The molecule has 6 aliphatic rings. The summed E-state index contributed by atoms with van der Waals surface area (Å²) in [6.07, 6.45) is 0.201. The number of cyclic esters (lactones) is 1. The Morgan fingerprint density at radius 3 is 2.46 bits per heavy atom. The Morgan fingerprint density at radius 1 is 1.06 bits per heavy atom. The molecular formula is C28H38O7. The molecule has 2 aliphatic heterocycles. The summed E-state index contributed by atoms with van der Waals surface area (Å²) in [5.74, 6) is -0.217. The summed E-state index contributed by atoms with van der Waals surface area (Å²) in [6, 6.07) is 0. The lowest BCUT2D eigenvalue weighted by molar-refractivity contribution is -0.169. The maximum Gasteiger partial charge on any atom is 0.333 e. The van der Waals surface area contributed by atoms with Crippen LogP contribution in [0, 0.1) is 28.6 Å². The van der Waals surface area contributed by atoms with E-state index in [0.29, 0.717) is 24.8 Å². The number of epoxide rings is 1. The second kappa shape index (κ2) is 7.27. The second-order valence-electron chi connectivity index (χ2n) is 12.6. The fourth-order valence-electron chi connectivity index (χ4n) is 8.97. The van der Waals surface area contributed by atoms with Crippen molar-refractivity contribution in [2.24, 2.45) is 28.6 Å². The van der Waals surface area contributed by atoms with Crippen molar-refractivity contribution in [3.8, 4) is 0 Å². The molecule has 1 saturated heterocycles. The van der Waals surface area contributed by atoms with Gasteiger partial charge in [-0.15, -0.1) is 0 Å². The van der Waals surface area contributed by atoms with Crippen LogP contribution in [0.4, 0.5) is 0 Å². The number of aliphatic hydroxyl groups is 3. The van der Waals surface area contributed by atoms with E-state index < -0.39 is 34.7 Å². The molecule has 7 nitrogen and oxygen atoms in total. The highest BCUT2D eigenvalue weighted by Gasteiger charge is 2.81. The SMILES string of the molecule is CC1=C(C)C(=O)O[C@@H]([C@@H](C)[C@@]2(C)C3=C(C[C@H]2O)[C@@H]2C[C@H]4O[C@]45[C@@H](O)[C@@H](O)CC(=O)[C@]5(C)[C@H]2CC3)C1. The van der Waals surface area contributed by atoms with Gasteiger partial charge < -0.3 is 24.8 Å². The molecule has 0 unspecified atom stereocenters. The predicted octanol–water partition coefficient (Wildman–Crippen LogP) is 2.61. The standard InChI is InChI=1S/C28H38O7/c1-12-8-20(34-25(33)13(12)2)14(3)26(4)17-6-7-18-16(15(17)9-21(26)30)10-23-28(35-23)24(32)19(29)11-22(31)27(18,28)5/h14,16,18-21,23-24,29-30,32H,6-11H2,1-5H3/t14-,16+,18+,19+,20-,21-,23-,24+,26+,27+,28+/m1/s1. The number of carbonyl (C=O) groups excluding carboxylic acids is 2. The molecule has 0 bridgehead atoms. The molecule has 7 heteroatoms. The molecule has 2 heterocycles. The first-order chi connectivity index (χ1) is 16.4. The molecule has 0 aromatic carbocycles. The normalized spacial score (nSPS) is 51.8. The van der Waals surface area contributed by atoms with Gasteiger partial charge in [0.2, 0.25) is 0 Å². The molecule has 0 aromatic heterocycles. The van der Waals surface area contributed by atoms with Crippen molar-refractivity contribution in [1.29, 1.82) is 0 Å². The first-order valence-corrected chi connectivity index (χ1v) is 13.2. The van der Waals surface area contributed by atoms with Gasteiger partial charge in [0.15, 0.2) is 0 Å². The van der Waals surface area contributed by atoms with Crippen LogP contribution in [0.3, 0.4) is 0 Å². The molecule has 3 N–H and O–H groups in total. The van der Waals surface area contributed by atoms with Crippen LogP contribution in [0.2, 0.25) is 0 Å². The van der Waals surface area contributed by atoms with Gasteiger partial charge >= 0.3 is 5.97 Å². The zero-order chi connectivity index (χ0) is 25.2. The van der Waals surface area contributed by atoms with Crippen LogP contribution in [0.1, 0.15) is 73.1 Å². The second-order valence-corrected chi connectivity index (χ2v) is 12.6. The third-order valence-corrected chi connectivity index (χ3v) is 11.6. The Hall–Kier alpha value is -1.54. The Kier molecular flexibility index (Phi) is 4.95. The average Bonchev–Trinajstić information content (AvgIpc) is 3.49. The summed E-state index contributed by atoms with van der Waals surface area (Å²) in [7, 11) is 0. The van der Waals surface area contributed by atoms with Gasteiger partial charge in [-0.3, -0.25) is 4.79 Å². The number of esters is 1. The number of ether oxygens (including phenoxy) is 2. The van der Waals surface area contributed by atoms with E-state index in [4.69, 9.17) is 9.47 Å². The van der Waals surface area contributed by atoms with Gasteiger partial charge in [0, 0.05) is 29.7 Å². The minimum absolute atomic E-state index is 0.0137. The van der Waals surface area contributed by atoms with E-state index in [0.717, 1.165) is 18.4 Å². The maximum absolute atomic E-state index is 13.4. The zero-order valence-electron chi connectivity index (χ0n) is 21.3. The van der Waals surface area contributed by atoms with E-state index in [-0.39, 0.29) is 48.1 Å². The van der Waals surface area contributed by atoms with Crippen LogP contribution in [0.25, 0.3) is 0 Å². The maximum atomic E-state index is 13.4. The molecule has 4 aliphatic carbocycles. The monoisotopic (exact) mass is 486 g/mol. The molecule has 11 atom stereocenters. The summed E-state index contributed by atoms with van der Waals surface area (Å²) >= 11 is 0. The lowest BCUT2D eigenvalue weighted by Crippen LogP contribution is -2.66. The third-order valence-electron chi connectivity index (χ3n) is 11.6. The van der Waals surface area contributed by atoms with Gasteiger partial charge in [-0.25, -0.2) is 4.79 Å². The smallest absolute Gasteiger partial charge is 0.333 e. The summed E-state index contributed by atoms with van der Waals surface area (Å²) in [5, 5.41) is 32.8. The van der Waals surface area contributed by atoms with E-state index in [1.165, 1.54) is 11.1 Å². The number of aliphatic hydroxyl groups excluding tert-OH is 3. The summed E-state index contributed by atoms with van der Waals surface area (Å²) in [6.45, 7) is 9.94. The van der Waals surface area contributed by atoms with Crippen molar-refractivity contribution in [3.05, 3.63) is 22.3 Å². The van der Waals surface area contributed by atoms with Gasteiger partial charge in [0.05, 0.1) is 23.7 Å². The lowest BCUT2D eigenvalue weighted by Gasteiger charge is -2.55. The molecule has 0 amide bonds. The summed E-state index contributed by atoms with van der Waals surface area (Å²) in [5.41, 5.74) is 1.90. The number of fused-ring (bicyclic) bond motifs is 3. The van der Waals surface area contributed by atoms with Crippen molar-refractivity contribution < 1.29 is 34.4 Å². The fourth-order valence-corrected chi connectivity index (χ4v) is 8.97. The van der Waals surface area contributed by atoms with Crippen molar-refractivity contribution in [3.63, 3.8) is 0 Å². The van der Waals surface area contributed by atoms with Crippen LogP contribution >= 0.6 is 0 Å². The topological polar surface area (TPSA) is 117 Å². The minimum atomic E-state index is -1.08. The molecule has 2 saturated carbocycles. The van der Waals surface area contributed by atoms with E-state index in [9.17, 15) is 24.9 Å². The Morgan fingerprint density at radius 2 is 1.77 bits per heavy atom. The van der Waals surface area contributed by atoms with Gasteiger partial charge in [-0.05, 0) is 58.3 Å². The van der Waals surface area contributed by atoms with Gasteiger partial charge in [-0.2, -0.15) is 0 Å². The van der Waals surface area contributed by atoms with Crippen molar-refractivity contribution >= 4 is 11.8 Å². The number of hydrogen-bond donors (Lipinski definition) is 3. The van der Waals surface area contributed by atoms with E-state index in [1.807, 2.05) is 13.8 Å².